The smallest absolute Gasteiger partial charge is 0.191 e. The summed E-state index contributed by atoms with van der Waals surface area (Å²) in [5, 5.41) is 8.89. The van der Waals surface area contributed by atoms with Crippen molar-refractivity contribution in [1.82, 2.24) is 4.90 Å². The molecule has 1 fully saturated rings. The van der Waals surface area contributed by atoms with E-state index in [0.29, 0.717) is 18.4 Å². The minimum atomic E-state index is -0.425. The Morgan fingerprint density at radius 1 is 1.59 bits per heavy atom. The number of piperidine rings is 1. The summed E-state index contributed by atoms with van der Waals surface area (Å²) >= 11 is 0. The maximum Gasteiger partial charge on any atom is 0.191 e. The first-order chi connectivity index (χ1) is 7.44. The van der Waals surface area contributed by atoms with E-state index in [0.717, 1.165) is 13.1 Å². The van der Waals surface area contributed by atoms with Crippen molar-refractivity contribution in [1.29, 1.82) is 5.26 Å². The van der Waals surface area contributed by atoms with Crippen LogP contribution in [0.3, 0.4) is 0 Å². The minimum absolute atomic E-state index is 0. The van der Waals surface area contributed by atoms with Gasteiger partial charge in [-0.3, -0.25) is 4.99 Å². The van der Waals surface area contributed by atoms with E-state index >= 15 is 0 Å². The first-order valence-corrected chi connectivity index (χ1v) is 5.91. The molecule has 17 heavy (non-hydrogen) atoms. The van der Waals surface area contributed by atoms with Crippen LogP contribution in [0.1, 0.15) is 33.6 Å². The van der Waals surface area contributed by atoms with Crippen molar-refractivity contribution in [3.63, 3.8) is 0 Å². The maximum atomic E-state index is 8.89. The van der Waals surface area contributed by atoms with Gasteiger partial charge in [0.05, 0.1) is 18.0 Å². The van der Waals surface area contributed by atoms with Crippen molar-refractivity contribution in [3.05, 3.63) is 0 Å². The molecule has 1 atom stereocenters. The van der Waals surface area contributed by atoms with Crippen molar-refractivity contribution in [2.24, 2.45) is 22.1 Å². The van der Waals surface area contributed by atoms with Gasteiger partial charge >= 0.3 is 0 Å². The Balaban J connectivity index is 0.00000256. The van der Waals surface area contributed by atoms with Gasteiger partial charge in [0.2, 0.25) is 0 Å². The zero-order chi connectivity index (χ0) is 12.2. The summed E-state index contributed by atoms with van der Waals surface area (Å²) < 4.78 is 0. The van der Waals surface area contributed by atoms with Gasteiger partial charge in [-0.05, 0) is 32.6 Å². The van der Waals surface area contributed by atoms with E-state index in [9.17, 15) is 0 Å². The van der Waals surface area contributed by atoms with E-state index in [1.165, 1.54) is 12.8 Å². The lowest BCUT2D eigenvalue weighted by atomic mass is 9.96. The molecule has 4 nitrogen and oxygen atoms in total. The Hall–Kier alpha value is -0.510. The van der Waals surface area contributed by atoms with Crippen molar-refractivity contribution >= 4 is 29.9 Å². The van der Waals surface area contributed by atoms with Crippen LogP contribution in [0.25, 0.3) is 0 Å². The highest BCUT2D eigenvalue weighted by Crippen LogP contribution is 2.16. The minimum Gasteiger partial charge on any atom is -0.370 e. The Labute approximate surface area is 121 Å². The number of hydrogen-bond acceptors (Lipinski definition) is 2. The van der Waals surface area contributed by atoms with E-state index in [1.807, 2.05) is 13.8 Å². The number of likely N-dealkylation sites (tertiary alicyclic amines) is 1. The highest BCUT2D eigenvalue weighted by molar-refractivity contribution is 14.0. The zero-order valence-electron chi connectivity index (χ0n) is 10.9. The van der Waals surface area contributed by atoms with E-state index in [1.54, 1.807) is 0 Å². The quantitative estimate of drug-likeness (QED) is 0.472. The Morgan fingerprint density at radius 3 is 2.76 bits per heavy atom. The lowest BCUT2D eigenvalue weighted by molar-refractivity contribution is 0.269. The van der Waals surface area contributed by atoms with Crippen LogP contribution in [0.4, 0.5) is 0 Å². The van der Waals surface area contributed by atoms with E-state index in [-0.39, 0.29) is 24.0 Å². The number of halogens is 1. The normalized spacial score (nSPS) is 21.6. The fourth-order valence-corrected chi connectivity index (χ4v) is 1.81. The second-order valence-electron chi connectivity index (χ2n) is 5.36. The first-order valence-electron chi connectivity index (χ1n) is 5.91. The molecule has 0 aliphatic carbocycles. The average molecular weight is 350 g/mol. The molecule has 1 aliphatic heterocycles. The maximum absolute atomic E-state index is 8.89. The second-order valence-corrected chi connectivity index (χ2v) is 5.36. The molecule has 0 radical (unpaired) electrons. The lowest BCUT2D eigenvalue weighted by Crippen LogP contribution is -2.43. The summed E-state index contributed by atoms with van der Waals surface area (Å²) in [6.45, 7) is 8.44. The Morgan fingerprint density at radius 2 is 2.24 bits per heavy atom. The van der Waals surface area contributed by atoms with Gasteiger partial charge in [-0.15, -0.1) is 24.0 Å². The molecule has 0 aromatic carbocycles. The molecule has 0 bridgehead atoms. The molecule has 1 heterocycles. The Bertz CT molecular complexity index is 306. The molecule has 0 aromatic heterocycles. The summed E-state index contributed by atoms with van der Waals surface area (Å²) in [5.41, 5.74) is 5.51. The summed E-state index contributed by atoms with van der Waals surface area (Å²) in [5.74, 6) is 1.28. The van der Waals surface area contributed by atoms with Crippen molar-refractivity contribution < 1.29 is 0 Å². The molecule has 1 rings (SSSR count). The summed E-state index contributed by atoms with van der Waals surface area (Å²) in [7, 11) is 0. The molecular formula is C12H23IN4. The molecule has 0 saturated carbocycles. The third-order valence-corrected chi connectivity index (χ3v) is 2.92. The first kappa shape index (κ1) is 16.5. The second kappa shape index (κ2) is 7.04. The third kappa shape index (κ3) is 5.57. The summed E-state index contributed by atoms with van der Waals surface area (Å²) in [6, 6.07) is 2.23. The molecule has 1 saturated heterocycles. The highest BCUT2D eigenvalue weighted by Gasteiger charge is 2.20. The van der Waals surface area contributed by atoms with Crippen molar-refractivity contribution in [2.75, 3.05) is 19.6 Å². The van der Waals surface area contributed by atoms with Crippen LogP contribution in [-0.4, -0.2) is 30.5 Å². The third-order valence-electron chi connectivity index (χ3n) is 2.92. The lowest BCUT2D eigenvalue weighted by Gasteiger charge is -2.32. The van der Waals surface area contributed by atoms with Crippen LogP contribution in [0, 0.1) is 22.7 Å². The van der Waals surface area contributed by atoms with E-state index < -0.39 is 5.41 Å². The van der Waals surface area contributed by atoms with Gasteiger partial charge in [0.15, 0.2) is 5.96 Å². The van der Waals surface area contributed by atoms with E-state index in [4.69, 9.17) is 11.0 Å². The predicted octanol–water partition coefficient (Wildman–Crippen LogP) is 2.20. The molecule has 1 unspecified atom stereocenters. The zero-order valence-corrected chi connectivity index (χ0v) is 13.3. The van der Waals surface area contributed by atoms with Gasteiger partial charge in [-0.2, -0.15) is 5.26 Å². The fourth-order valence-electron chi connectivity index (χ4n) is 1.81. The molecule has 5 heteroatoms. The standard InChI is InChI=1S/C12H22N4.HI/c1-10-5-4-6-16(7-10)11(14)15-9-12(2,3)8-13;/h10H,4-7,9H2,1-3H3,(H2,14,15);1H. The SMILES string of the molecule is CC1CCCN(C(N)=NCC(C)(C)C#N)C1.I. The van der Waals surface area contributed by atoms with E-state index in [2.05, 4.69) is 22.9 Å². The summed E-state index contributed by atoms with van der Waals surface area (Å²) in [4.78, 5) is 6.45. The van der Waals surface area contributed by atoms with Crippen LogP contribution in [0.15, 0.2) is 4.99 Å². The number of nitrogens with two attached hydrogens (primary N) is 1. The number of hydrogen-bond donors (Lipinski definition) is 1. The molecule has 98 valence electrons. The highest BCUT2D eigenvalue weighted by atomic mass is 127. The van der Waals surface area contributed by atoms with Crippen LogP contribution in [0.2, 0.25) is 0 Å². The monoisotopic (exact) mass is 350 g/mol. The summed E-state index contributed by atoms with van der Waals surface area (Å²) in [6.07, 6.45) is 2.45. The average Bonchev–Trinajstić information content (AvgIpc) is 2.26. The van der Waals surface area contributed by atoms with Crippen LogP contribution in [0.5, 0.6) is 0 Å². The van der Waals surface area contributed by atoms with Crippen LogP contribution >= 0.6 is 24.0 Å². The molecule has 0 aromatic rings. The van der Waals surface area contributed by atoms with Gasteiger partial charge in [0.1, 0.15) is 0 Å². The molecular weight excluding hydrogens is 327 g/mol. The van der Waals surface area contributed by atoms with Crippen molar-refractivity contribution in [2.45, 2.75) is 33.6 Å². The van der Waals surface area contributed by atoms with Crippen LogP contribution in [-0.2, 0) is 0 Å². The van der Waals surface area contributed by atoms with Gasteiger partial charge in [-0.25, -0.2) is 0 Å². The number of nitrogens with zero attached hydrogens (tertiary/aromatic N) is 3. The van der Waals surface area contributed by atoms with Gasteiger partial charge in [0.25, 0.3) is 0 Å². The number of aliphatic imine (C=N–C) groups is 1. The number of nitriles is 1. The molecule has 1 aliphatic rings. The number of rotatable bonds is 2. The van der Waals surface area contributed by atoms with Gasteiger partial charge < -0.3 is 10.6 Å². The largest absolute Gasteiger partial charge is 0.370 e. The van der Waals surface area contributed by atoms with Gasteiger partial charge in [0, 0.05) is 13.1 Å². The number of guanidine groups is 1. The van der Waals surface area contributed by atoms with Gasteiger partial charge in [-0.1, -0.05) is 6.92 Å². The van der Waals surface area contributed by atoms with Crippen LogP contribution < -0.4 is 5.73 Å². The molecule has 2 N–H and O–H groups in total. The topological polar surface area (TPSA) is 65.4 Å². The molecule has 0 spiro atoms. The predicted molar refractivity (Wildman–Crippen MR) is 81.3 cm³/mol. The molecule has 0 amide bonds. The fraction of sp³-hybridized carbons (Fsp3) is 0.833. The van der Waals surface area contributed by atoms with Crippen molar-refractivity contribution in [3.8, 4) is 6.07 Å². The Kier molecular flexibility index (Phi) is 6.83.